The lowest BCUT2D eigenvalue weighted by Gasteiger charge is -2.64. The van der Waals surface area contributed by atoms with E-state index < -0.39 is 0 Å². The molecule has 5 saturated heterocycles. The predicted octanol–water partition coefficient (Wildman–Crippen LogP) is 2.70. The van der Waals surface area contributed by atoms with Gasteiger partial charge >= 0.3 is 11.9 Å². The van der Waals surface area contributed by atoms with Crippen molar-refractivity contribution in [1.29, 1.82) is 0 Å². The van der Waals surface area contributed by atoms with Crippen LogP contribution in [0.15, 0.2) is 0 Å². The average Bonchev–Trinajstić information content (AvgIpc) is 3.10. The Morgan fingerprint density at radius 2 is 1.89 bits per heavy atom. The molecule has 2 bridgehead atoms. The molecule has 6 fully saturated rings. The van der Waals surface area contributed by atoms with Gasteiger partial charge in [-0.2, -0.15) is 0 Å². The van der Waals surface area contributed by atoms with E-state index in [1.165, 1.54) is 0 Å². The molecular formula is C22H31NO5. The van der Waals surface area contributed by atoms with Crippen LogP contribution in [-0.4, -0.2) is 47.0 Å². The van der Waals surface area contributed by atoms with E-state index in [-0.39, 0.29) is 59.9 Å². The highest BCUT2D eigenvalue weighted by Crippen LogP contribution is 2.68. The Kier molecular flexibility index (Phi) is 3.61. The normalized spacial score (nSPS) is 57.1. The third-order valence-corrected chi connectivity index (χ3v) is 9.06. The van der Waals surface area contributed by atoms with Crippen LogP contribution >= 0.6 is 0 Å². The number of carbonyl (C=O) groups is 2. The number of esters is 2. The van der Waals surface area contributed by atoms with E-state index in [1.54, 1.807) is 0 Å². The molecule has 1 spiro atoms. The van der Waals surface area contributed by atoms with Crippen molar-refractivity contribution in [3.8, 4) is 0 Å². The summed E-state index contributed by atoms with van der Waals surface area (Å²) >= 11 is 0. The number of carbonyl (C=O) groups excluding carboxylic acids is 2. The fourth-order valence-electron chi connectivity index (χ4n) is 8.01. The summed E-state index contributed by atoms with van der Waals surface area (Å²) in [5.41, 5.74) is -0.270. The number of fused-ring (bicyclic) bond motifs is 2. The highest BCUT2D eigenvalue weighted by Gasteiger charge is 2.77. The molecule has 0 radical (unpaired) electrons. The van der Waals surface area contributed by atoms with Gasteiger partial charge in [0.2, 0.25) is 0 Å². The second kappa shape index (κ2) is 5.72. The van der Waals surface area contributed by atoms with Crippen LogP contribution in [0.4, 0.5) is 0 Å². The van der Waals surface area contributed by atoms with Crippen molar-refractivity contribution in [3.63, 3.8) is 0 Å². The second-order valence-electron chi connectivity index (χ2n) is 10.1. The van der Waals surface area contributed by atoms with Crippen molar-refractivity contribution < 1.29 is 23.8 Å². The maximum Gasteiger partial charge on any atom is 0.309 e. The average molecular weight is 389 g/mol. The summed E-state index contributed by atoms with van der Waals surface area (Å²) in [6.45, 7) is 6.24. The summed E-state index contributed by atoms with van der Waals surface area (Å²) < 4.78 is 18.6. The monoisotopic (exact) mass is 389 g/mol. The Morgan fingerprint density at radius 1 is 1.07 bits per heavy atom. The van der Waals surface area contributed by atoms with Crippen LogP contribution in [0.3, 0.4) is 0 Å². The maximum atomic E-state index is 12.5. The molecule has 1 saturated carbocycles. The number of nitrogens with zero attached hydrogens (tertiary/aromatic N) is 1. The van der Waals surface area contributed by atoms with E-state index in [0.29, 0.717) is 17.8 Å². The Labute approximate surface area is 166 Å². The molecule has 6 aliphatic rings. The van der Waals surface area contributed by atoms with E-state index in [9.17, 15) is 9.59 Å². The molecule has 6 nitrogen and oxygen atoms in total. The molecule has 6 heteroatoms. The summed E-state index contributed by atoms with van der Waals surface area (Å²) in [6.07, 6.45) is 6.27. The third kappa shape index (κ3) is 1.92. The first-order chi connectivity index (χ1) is 13.5. The molecule has 0 N–H and O–H groups in total. The molecule has 0 aromatic carbocycles. The van der Waals surface area contributed by atoms with Crippen molar-refractivity contribution in [3.05, 3.63) is 0 Å². The summed E-state index contributed by atoms with van der Waals surface area (Å²) in [4.78, 5) is 27.3. The van der Waals surface area contributed by atoms with Gasteiger partial charge in [0, 0.05) is 23.7 Å². The van der Waals surface area contributed by atoms with Crippen LogP contribution in [0.1, 0.15) is 59.3 Å². The van der Waals surface area contributed by atoms with Gasteiger partial charge in [0.1, 0.15) is 24.2 Å². The minimum Gasteiger partial charge on any atom is -0.462 e. The van der Waals surface area contributed by atoms with Gasteiger partial charge in [0.15, 0.2) is 0 Å². The Hall–Kier alpha value is -1.14. The SMILES string of the molecule is CCC1[C@H]2OC(=O)C(C)[C@H]2[C@H]2C[C@H]([C@@H]3CC(C)C(=O)O3)N3C4CCC[C@H]1[C@]23O4. The van der Waals surface area contributed by atoms with Gasteiger partial charge in [0.05, 0.1) is 17.9 Å². The molecule has 0 amide bonds. The van der Waals surface area contributed by atoms with E-state index >= 15 is 0 Å². The zero-order valence-electron chi connectivity index (χ0n) is 17.0. The van der Waals surface area contributed by atoms with Gasteiger partial charge in [-0.05, 0) is 38.5 Å². The zero-order chi connectivity index (χ0) is 19.4. The van der Waals surface area contributed by atoms with Crippen LogP contribution in [0, 0.1) is 35.5 Å². The van der Waals surface area contributed by atoms with E-state index in [2.05, 4.69) is 11.8 Å². The summed E-state index contributed by atoms with van der Waals surface area (Å²) in [7, 11) is 0. The summed E-state index contributed by atoms with van der Waals surface area (Å²) in [5, 5.41) is 0. The smallest absolute Gasteiger partial charge is 0.309 e. The topological polar surface area (TPSA) is 65.1 Å². The van der Waals surface area contributed by atoms with Crippen LogP contribution in [-0.2, 0) is 23.8 Å². The van der Waals surface area contributed by atoms with Crippen LogP contribution < -0.4 is 0 Å². The molecule has 5 heterocycles. The minimum atomic E-state index is -0.270. The Bertz CT molecular complexity index is 726. The third-order valence-electron chi connectivity index (χ3n) is 9.06. The maximum absolute atomic E-state index is 12.5. The number of cyclic esters (lactones) is 1. The van der Waals surface area contributed by atoms with Gasteiger partial charge in [-0.25, -0.2) is 4.90 Å². The highest BCUT2D eigenvalue weighted by atomic mass is 16.6. The van der Waals surface area contributed by atoms with Gasteiger partial charge in [0.25, 0.3) is 0 Å². The Morgan fingerprint density at radius 3 is 2.61 bits per heavy atom. The first-order valence-corrected chi connectivity index (χ1v) is 11.3. The predicted molar refractivity (Wildman–Crippen MR) is 98.7 cm³/mol. The quantitative estimate of drug-likeness (QED) is 0.677. The lowest BCUT2D eigenvalue weighted by Crippen LogP contribution is -2.76. The first kappa shape index (κ1) is 17.7. The van der Waals surface area contributed by atoms with E-state index in [1.807, 2.05) is 13.8 Å². The fraction of sp³-hybridized carbons (Fsp3) is 0.909. The summed E-state index contributed by atoms with van der Waals surface area (Å²) in [5.74, 6) is 1.09. The number of ether oxygens (including phenoxy) is 3. The molecule has 4 unspecified atom stereocenters. The summed E-state index contributed by atoms with van der Waals surface area (Å²) in [6, 6.07) is 0.220. The fourth-order valence-corrected chi connectivity index (χ4v) is 8.01. The minimum absolute atomic E-state index is 0.0170. The molecule has 154 valence electrons. The van der Waals surface area contributed by atoms with E-state index in [4.69, 9.17) is 14.2 Å². The van der Waals surface area contributed by atoms with E-state index in [0.717, 1.165) is 38.5 Å². The molecule has 28 heavy (non-hydrogen) atoms. The molecule has 0 aromatic rings. The largest absolute Gasteiger partial charge is 0.462 e. The lowest BCUT2D eigenvalue weighted by molar-refractivity contribution is -0.400. The molecule has 1 aliphatic carbocycles. The highest BCUT2D eigenvalue weighted by molar-refractivity contribution is 5.75. The molecule has 6 rings (SSSR count). The first-order valence-electron chi connectivity index (χ1n) is 11.3. The molecular weight excluding hydrogens is 358 g/mol. The Balaban J connectivity index is 1.43. The van der Waals surface area contributed by atoms with Crippen LogP contribution in [0.2, 0.25) is 0 Å². The van der Waals surface area contributed by atoms with Gasteiger partial charge in [-0.3, -0.25) is 9.59 Å². The lowest BCUT2D eigenvalue weighted by atomic mass is 9.57. The van der Waals surface area contributed by atoms with Crippen molar-refractivity contribution in [2.45, 2.75) is 89.5 Å². The number of hydrogen-bond acceptors (Lipinski definition) is 6. The van der Waals surface area contributed by atoms with Crippen molar-refractivity contribution in [1.82, 2.24) is 4.90 Å². The number of rotatable bonds is 2. The van der Waals surface area contributed by atoms with Crippen LogP contribution in [0.5, 0.6) is 0 Å². The standard InChI is InChI=1S/C22H31NO5/c1-4-12-13-6-5-7-17-23-15(16-8-10(2)20(24)26-16)9-14(22(13,23)28-17)18-11(3)21(25)27-19(12)18/h10-19H,4-9H2,1-3H3/t10?,11?,12?,13-,14-,15-,16+,17?,18+,19-,22+/m1/s1. The van der Waals surface area contributed by atoms with Crippen molar-refractivity contribution in [2.75, 3.05) is 0 Å². The van der Waals surface area contributed by atoms with Gasteiger partial charge in [-0.15, -0.1) is 0 Å². The van der Waals surface area contributed by atoms with Gasteiger partial charge in [-0.1, -0.05) is 20.8 Å². The van der Waals surface area contributed by atoms with Crippen molar-refractivity contribution >= 4 is 11.9 Å². The molecule has 11 atom stereocenters. The molecule has 0 aromatic heterocycles. The second-order valence-corrected chi connectivity index (χ2v) is 10.1. The molecule has 5 aliphatic heterocycles. The number of hydrogen-bond donors (Lipinski definition) is 0. The van der Waals surface area contributed by atoms with Crippen LogP contribution in [0.25, 0.3) is 0 Å². The van der Waals surface area contributed by atoms with Gasteiger partial charge < -0.3 is 14.2 Å². The zero-order valence-corrected chi connectivity index (χ0v) is 17.0. The van der Waals surface area contributed by atoms with Crippen molar-refractivity contribution in [2.24, 2.45) is 35.5 Å².